The summed E-state index contributed by atoms with van der Waals surface area (Å²) in [4.78, 5) is 14.3. The third-order valence-electron chi connectivity index (χ3n) is 3.87. The lowest BCUT2D eigenvalue weighted by Crippen LogP contribution is -2.45. The number of benzene rings is 1. The van der Waals surface area contributed by atoms with Gasteiger partial charge in [0, 0.05) is 25.3 Å². The van der Waals surface area contributed by atoms with Crippen molar-refractivity contribution in [3.05, 3.63) is 35.4 Å². The summed E-state index contributed by atoms with van der Waals surface area (Å²) in [6.45, 7) is 8.27. The van der Waals surface area contributed by atoms with Gasteiger partial charge in [-0.05, 0) is 29.5 Å². The minimum atomic E-state index is -0.0541. The van der Waals surface area contributed by atoms with Crippen LogP contribution in [0.25, 0.3) is 0 Å². The molecule has 0 radical (unpaired) electrons. The first-order valence-corrected chi connectivity index (χ1v) is 7.54. The Bertz CT molecular complexity index is 474. The van der Waals surface area contributed by atoms with Crippen LogP contribution in [-0.4, -0.2) is 48.3 Å². The molecule has 1 aliphatic heterocycles. The molecule has 1 heterocycles. The number of amides is 1. The average molecular weight is 291 g/mol. The Morgan fingerprint density at radius 3 is 2.57 bits per heavy atom. The molecule has 116 valence electrons. The molecular formula is C17H25NO3. The van der Waals surface area contributed by atoms with E-state index in [0.717, 1.165) is 0 Å². The Kier molecular flexibility index (Phi) is 5.01. The van der Waals surface area contributed by atoms with Crippen molar-refractivity contribution in [1.29, 1.82) is 0 Å². The topological polar surface area (TPSA) is 49.8 Å². The van der Waals surface area contributed by atoms with E-state index in [9.17, 15) is 4.79 Å². The number of hydrogen-bond donors (Lipinski definition) is 1. The third kappa shape index (κ3) is 4.05. The molecule has 1 unspecified atom stereocenters. The van der Waals surface area contributed by atoms with E-state index in [-0.39, 0.29) is 24.0 Å². The van der Waals surface area contributed by atoms with Gasteiger partial charge < -0.3 is 14.7 Å². The lowest BCUT2D eigenvalue weighted by molar-refractivity contribution is -0.0307. The van der Waals surface area contributed by atoms with Crippen LogP contribution in [0.3, 0.4) is 0 Å². The highest BCUT2D eigenvalue weighted by atomic mass is 16.5. The molecule has 0 aromatic heterocycles. The van der Waals surface area contributed by atoms with E-state index in [2.05, 4.69) is 20.8 Å². The van der Waals surface area contributed by atoms with Crippen molar-refractivity contribution in [3.63, 3.8) is 0 Å². The highest BCUT2D eigenvalue weighted by Crippen LogP contribution is 2.23. The molecule has 0 saturated carbocycles. The molecule has 1 amide bonds. The summed E-state index contributed by atoms with van der Waals surface area (Å²) in [5.74, 6) is 0.0432. The number of carbonyl (C=O) groups excluding carboxylic acids is 1. The van der Waals surface area contributed by atoms with E-state index < -0.39 is 0 Å². The molecular weight excluding hydrogens is 266 g/mol. The number of nitrogens with zero attached hydrogens (tertiary/aromatic N) is 1. The monoisotopic (exact) mass is 291 g/mol. The molecule has 2 rings (SSSR count). The van der Waals surface area contributed by atoms with Gasteiger partial charge in [-0.15, -0.1) is 0 Å². The molecule has 4 nitrogen and oxygen atoms in total. The predicted molar refractivity (Wildman–Crippen MR) is 82.5 cm³/mol. The van der Waals surface area contributed by atoms with E-state index in [0.29, 0.717) is 31.7 Å². The third-order valence-corrected chi connectivity index (χ3v) is 3.87. The van der Waals surface area contributed by atoms with Gasteiger partial charge in [0.1, 0.15) is 0 Å². The number of ether oxygens (including phenoxy) is 1. The van der Waals surface area contributed by atoms with Gasteiger partial charge >= 0.3 is 0 Å². The van der Waals surface area contributed by atoms with Crippen molar-refractivity contribution >= 4 is 5.91 Å². The van der Waals surface area contributed by atoms with Crippen LogP contribution in [0.4, 0.5) is 0 Å². The maximum Gasteiger partial charge on any atom is 0.254 e. The molecule has 1 aromatic rings. The molecule has 0 bridgehead atoms. The van der Waals surface area contributed by atoms with Crippen molar-refractivity contribution in [2.24, 2.45) is 0 Å². The second-order valence-electron chi connectivity index (χ2n) is 6.58. The fraction of sp³-hybridized carbons (Fsp3) is 0.588. The molecule has 1 N–H and O–H groups in total. The van der Waals surface area contributed by atoms with Crippen molar-refractivity contribution in [2.75, 3.05) is 26.3 Å². The van der Waals surface area contributed by atoms with Crippen LogP contribution >= 0.6 is 0 Å². The van der Waals surface area contributed by atoms with Gasteiger partial charge in [0.15, 0.2) is 0 Å². The van der Waals surface area contributed by atoms with Crippen LogP contribution in [0.1, 0.15) is 43.1 Å². The van der Waals surface area contributed by atoms with Gasteiger partial charge in [-0.2, -0.15) is 0 Å². The Morgan fingerprint density at radius 1 is 1.33 bits per heavy atom. The largest absolute Gasteiger partial charge is 0.396 e. The molecule has 4 heteroatoms. The summed E-state index contributed by atoms with van der Waals surface area (Å²) in [6, 6.07) is 7.86. The molecule has 0 aliphatic carbocycles. The first kappa shape index (κ1) is 16.0. The Hall–Kier alpha value is -1.39. The van der Waals surface area contributed by atoms with E-state index in [1.165, 1.54) is 5.56 Å². The number of rotatable bonds is 3. The summed E-state index contributed by atoms with van der Waals surface area (Å²) in [5.41, 5.74) is 2.03. The van der Waals surface area contributed by atoms with E-state index in [1.807, 2.05) is 29.2 Å². The van der Waals surface area contributed by atoms with E-state index >= 15 is 0 Å². The van der Waals surface area contributed by atoms with Gasteiger partial charge in [-0.3, -0.25) is 4.79 Å². The van der Waals surface area contributed by atoms with Crippen LogP contribution in [0.2, 0.25) is 0 Å². The maximum absolute atomic E-state index is 12.5. The van der Waals surface area contributed by atoms with E-state index in [1.54, 1.807) is 0 Å². The number of aliphatic hydroxyl groups excluding tert-OH is 1. The van der Waals surface area contributed by atoms with Crippen LogP contribution in [0.15, 0.2) is 24.3 Å². The first-order valence-electron chi connectivity index (χ1n) is 7.54. The summed E-state index contributed by atoms with van der Waals surface area (Å²) in [7, 11) is 0. The lowest BCUT2D eigenvalue weighted by atomic mass is 9.86. The number of morpholine rings is 1. The standard InChI is InChI=1S/C17H25NO3/c1-17(2,3)14-6-4-13(5-7-14)16(20)18-9-11-21-15(12-18)8-10-19/h4-7,15,19H,8-12H2,1-3H3. The van der Waals surface area contributed by atoms with Crippen LogP contribution < -0.4 is 0 Å². The van der Waals surface area contributed by atoms with Crippen molar-refractivity contribution in [2.45, 2.75) is 38.7 Å². The molecule has 21 heavy (non-hydrogen) atoms. The zero-order valence-corrected chi connectivity index (χ0v) is 13.1. The number of aliphatic hydroxyl groups is 1. The Labute approximate surface area is 126 Å². The Morgan fingerprint density at radius 2 is 2.00 bits per heavy atom. The number of hydrogen-bond acceptors (Lipinski definition) is 3. The molecule has 1 fully saturated rings. The molecule has 1 saturated heterocycles. The Balaban J connectivity index is 2.05. The van der Waals surface area contributed by atoms with Crippen molar-refractivity contribution < 1.29 is 14.6 Å². The maximum atomic E-state index is 12.5. The first-order chi connectivity index (χ1) is 9.91. The lowest BCUT2D eigenvalue weighted by Gasteiger charge is -2.33. The molecule has 1 aliphatic rings. The second kappa shape index (κ2) is 6.58. The fourth-order valence-electron chi connectivity index (χ4n) is 2.52. The van der Waals surface area contributed by atoms with Gasteiger partial charge in [-0.25, -0.2) is 0 Å². The van der Waals surface area contributed by atoms with Gasteiger partial charge in [0.25, 0.3) is 5.91 Å². The van der Waals surface area contributed by atoms with Crippen LogP contribution in [0.5, 0.6) is 0 Å². The minimum absolute atomic E-state index is 0.0432. The second-order valence-corrected chi connectivity index (χ2v) is 6.58. The van der Waals surface area contributed by atoms with Crippen LogP contribution in [-0.2, 0) is 10.2 Å². The average Bonchev–Trinajstić information content (AvgIpc) is 2.46. The van der Waals surface area contributed by atoms with Gasteiger partial charge in [0.05, 0.1) is 12.7 Å². The zero-order valence-electron chi connectivity index (χ0n) is 13.1. The molecule has 1 atom stereocenters. The summed E-state index contributed by atoms with van der Waals surface area (Å²) < 4.78 is 5.54. The van der Waals surface area contributed by atoms with Gasteiger partial charge in [0.2, 0.25) is 0 Å². The minimum Gasteiger partial charge on any atom is -0.396 e. The van der Waals surface area contributed by atoms with E-state index in [4.69, 9.17) is 9.84 Å². The van der Waals surface area contributed by atoms with Crippen molar-refractivity contribution in [1.82, 2.24) is 4.90 Å². The van der Waals surface area contributed by atoms with Crippen molar-refractivity contribution in [3.8, 4) is 0 Å². The predicted octanol–water partition coefficient (Wildman–Crippen LogP) is 2.21. The fourth-order valence-corrected chi connectivity index (χ4v) is 2.52. The highest BCUT2D eigenvalue weighted by Gasteiger charge is 2.25. The quantitative estimate of drug-likeness (QED) is 0.929. The highest BCUT2D eigenvalue weighted by molar-refractivity contribution is 5.94. The normalized spacial score (nSPS) is 19.6. The zero-order chi connectivity index (χ0) is 15.5. The van der Waals surface area contributed by atoms with Gasteiger partial charge in [-0.1, -0.05) is 32.9 Å². The van der Waals surface area contributed by atoms with Crippen LogP contribution in [0, 0.1) is 0 Å². The summed E-state index contributed by atoms with van der Waals surface area (Å²) in [6.07, 6.45) is 0.522. The molecule has 0 spiro atoms. The summed E-state index contributed by atoms with van der Waals surface area (Å²) >= 11 is 0. The number of carbonyl (C=O) groups is 1. The summed E-state index contributed by atoms with van der Waals surface area (Å²) in [5, 5.41) is 8.98. The SMILES string of the molecule is CC(C)(C)c1ccc(C(=O)N2CCOC(CCO)C2)cc1. The molecule has 1 aromatic carbocycles. The smallest absolute Gasteiger partial charge is 0.254 e.